The molecule has 22 heavy (non-hydrogen) atoms. The van der Waals surface area contributed by atoms with Crippen molar-refractivity contribution in [3.63, 3.8) is 0 Å². The van der Waals surface area contributed by atoms with Crippen LogP contribution in [0.1, 0.15) is 19.8 Å². The Balaban J connectivity index is 0.00000242. The second kappa shape index (κ2) is 10.7. The Morgan fingerprint density at radius 3 is 2.82 bits per heavy atom. The van der Waals surface area contributed by atoms with Gasteiger partial charge >= 0.3 is 0 Å². The maximum absolute atomic E-state index is 5.91. The predicted octanol–water partition coefficient (Wildman–Crippen LogP) is 3.61. The van der Waals surface area contributed by atoms with Crippen molar-refractivity contribution in [3.05, 3.63) is 41.4 Å². The van der Waals surface area contributed by atoms with E-state index in [1.165, 1.54) is 0 Å². The summed E-state index contributed by atoms with van der Waals surface area (Å²) in [5.74, 6) is 1.62. The summed E-state index contributed by atoms with van der Waals surface area (Å²) >= 11 is 5.91. The number of nitrogens with zero attached hydrogens (tertiary/aromatic N) is 1. The van der Waals surface area contributed by atoms with Crippen molar-refractivity contribution in [2.24, 2.45) is 4.99 Å². The van der Waals surface area contributed by atoms with Crippen molar-refractivity contribution in [1.82, 2.24) is 10.6 Å². The molecule has 0 amide bonds. The maximum atomic E-state index is 5.91. The first-order valence-electron chi connectivity index (χ1n) is 7.36. The lowest BCUT2D eigenvalue weighted by atomic mass is 10.2. The number of aliphatic imine (C=N–C) groups is 1. The lowest BCUT2D eigenvalue weighted by Gasteiger charge is -2.16. The molecule has 2 rings (SSSR count). The van der Waals surface area contributed by atoms with E-state index in [4.69, 9.17) is 16.3 Å². The highest BCUT2D eigenvalue weighted by Gasteiger charge is 2.11. The molecule has 6 heteroatoms. The van der Waals surface area contributed by atoms with Crippen molar-refractivity contribution in [3.8, 4) is 5.75 Å². The van der Waals surface area contributed by atoms with Gasteiger partial charge in [0, 0.05) is 17.6 Å². The van der Waals surface area contributed by atoms with Crippen LogP contribution in [0.4, 0.5) is 0 Å². The minimum absolute atomic E-state index is 0. The van der Waals surface area contributed by atoms with Crippen LogP contribution in [0.3, 0.4) is 0 Å². The van der Waals surface area contributed by atoms with Gasteiger partial charge in [-0.05, 0) is 38.0 Å². The van der Waals surface area contributed by atoms with Gasteiger partial charge in [-0.15, -0.1) is 24.0 Å². The first-order chi connectivity index (χ1) is 10.3. The predicted molar refractivity (Wildman–Crippen MR) is 104 cm³/mol. The van der Waals surface area contributed by atoms with Crippen molar-refractivity contribution in [2.45, 2.75) is 25.8 Å². The average molecular weight is 436 g/mol. The summed E-state index contributed by atoms with van der Waals surface area (Å²) in [5, 5.41) is 7.36. The highest BCUT2D eigenvalue weighted by molar-refractivity contribution is 14.0. The van der Waals surface area contributed by atoms with Gasteiger partial charge < -0.3 is 15.4 Å². The summed E-state index contributed by atoms with van der Waals surface area (Å²) in [7, 11) is 0. The molecule has 1 aromatic carbocycles. The fourth-order valence-corrected chi connectivity index (χ4v) is 2.31. The zero-order chi connectivity index (χ0) is 14.9. The lowest BCUT2D eigenvalue weighted by Crippen LogP contribution is -2.42. The van der Waals surface area contributed by atoms with Gasteiger partial charge in [0.1, 0.15) is 12.4 Å². The Morgan fingerprint density at radius 2 is 2.14 bits per heavy atom. The number of rotatable bonds is 6. The van der Waals surface area contributed by atoms with Gasteiger partial charge in [-0.1, -0.05) is 29.8 Å². The van der Waals surface area contributed by atoms with Gasteiger partial charge in [0.05, 0.1) is 6.54 Å². The van der Waals surface area contributed by atoms with Crippen molar-refractivity contribution in [1.29, 1.82) is 0 Å². The minimum Gasteiger partial charge on any atom is -0.492 e. The van der Waals surface area contributed by atoms with E-state index in [0.717, 1.165) is 31.1 Å². The van der Waals surface area contributed by atoms with Crippen LogP contribution in [0.2, 0.25) is 5.02 Å². The number of guanidine groups is 1. The zero-order valence-corrected chi connectivity index (χ0v) is 15.8. The zero-order valence-electron chi connectivity index (χ0n) is 12.7. The van der Waals surface area contributed by atoms with Crippen LogP contribution in [-0.4, -0.2) is 31.7 Å². The first kappa shape index (κ1) is 19.1. The fraction of sp³-hybridized carbons (Fsp3) is 0.438. The first-order valence-corrected chi connectivity index (χ1v) is 7.74. The molecular formula is C16H23ClIN3O. The standard InChI is InChI=1S/C16H22ClN3O.HI/c1-2-18-16(20-14-7-3-4-8-14)19-10-11-21-15-9-5-6-13(17)12-15;/h3-6,9,12,14H,2,7-8,10-11H2,1H3,(H2,18,19,20);1H. The molecule has 0 bridgehead atoms. The molecule has 0 saturated carbocycles. The van der Waals surface area contributed by atoms with E-state index < -0.39 is 0 Å². The minimum atomic E-state index is 0. The molecule has 1 aliphatic rings. The van der Waals surface area contributed by atoms with Crippen LogP contribution in [0.25, 0.3) is 0 Å². The number of hydrogen-bond donors (Lipinski definition) is 2. The van der Waals surface area contributed by atoms with Crippen LogP contribution in [0.15, 0.2) is 41.4 Å². The third-order valence-corrected chi connectivity index (χ3v) is 3.35. The summed E-state index contributed by atoms with van der Waals surface area (Å²) in [6.07, 6.45) is 6.51. The Hall–Kier alpha value is -0.950. The second-order valence-electron chi connectivity index (χ2n) is 4.85. The molecule has 0 fully saturated rings. The van der Waals surface area contributed by atoms with E-state index in [2.05, 4.69) is 34.7 Å². The van der Waals surface area contributed by atoms with Crippen molar-refractivity contribution < 1.29 is 4.74 Å². The second-order valence-corrected chi connectivity index (χ2v) is 5.29. The molecule has 0 saturated heterocycles. The van der Waals surface area contributed by atoms with E-state index in [0.29, 0.717) is 24.2 Å². The Bertz CT molecular complexity index is 500. The molecule has 0 aromatic heterocycles. The molecule has 0 radical (unpaired) electrons. The third kappa shape index (κ3) is 6.87. The van der Waals surface area contributed by atoms with Gasteiger partial charge in [0.25, 0.3) is 0 Å². The maximum Gasteiger partial charge on any atom is 0.191 e. The fourth-order valence-electron chi connectivity index (χ4n) is 2.13. The summed E-state index contributed by atoms with van der Waals surface area (Å²) in [6, 6.07) is 7.86. The van der Waals surface area contributed by atoms with E-state index in [1.807, 2.05) is 18.2 Å². The summed E-state index contributed by atoms with van der Waals surface area (Å²) < 4.78 is 5.63. The summed E-state index contributed by atoms with van der Waals surface area (Å²) in [6.45, 7) is 4.04. The van der Waals surface area contributed by atoms with Crippen LogP contribution in [-0.2, 0) is 0 Å². The van der Waals surface area contributed by atoms with Crippen molar-refractivity contribution >= 4 is 41.5 Å². The van der Waals surface area contributed by atoms with Gasteiger partial charge in [-0.3, -0.25) is 0 Å². The number of hydrogen-bond acceptors (Lipinski definition) is 2. The molecule has 2 N–H and O–H groups in total. The normalized spacial score (nSPS) is 14.5. The largest absolute Gasteiger partial charge is 0.492 e. The van der Waals surface area contributed by atoms with Crippen LogP contribution < -0.4 is 15.4 Å². The van der Waals surface area contributed by atoms with Crippen LogP contribution in [0.5, 0.6) is 5.75 Å². The van der Waals surface area contributed by atoms with Gasteiger partial charge in [0.15, 0.2) is 5.96 Å². The van der Waals surface area contributed by atoms with E-state index >= 15 is 0 Å². The molecule has 0 spiro atoms. The smallest absolute Gasteiger partial charge is 0.191 e. The highest BCUT2D eigenvalue weighted by Crippen LogP contribution is 2.16. The molecule has 122 valence electrons. The summed E-state index contributed by atoms with van der Waals surface area (Å²) in [5.41, 5.74) is 0. The Morgan fingerprint density at radius 1 is 1.36 bits per heavy atom. The molecule has 0 unspecified atom stereocenters. The molecule has 0 heterocycles. The monoisotopic (exact) mass is 435 g/mol. The van der Waals surface area contributed by atoms with E-state index in [9.17, 15) is 0 Å². The molecule has 4 nitrogen and oxygen atoms in total. The van der Waals surface area contributed by atoms with Gasteiger partial charge in [-0.2, -0.15) is 0 Å². The molecule has 1 aliphatic carbocycles. The van der Waals surface area contributed by atoms with Crippen LogP contribution >= 0.6 is 35.6 Å². The number of ether oxygens (including phenoxy) is 1. The van der Waals surface area contributed by atoms with E-state index in [-0.39, 0.29) is 24.0 Å². The number of halogens is 2. The molecule has 0 aliphatic heterocycles. The number of benzene rings is 1. The molecular weight excluding hydrogens is 413 g/mol. The van der Waals surface area contributed by atoms with Crippen LogP contribution in [0, 0.1) is 0 Å². The van der Waals surface area contributed by atoms with Crippen molar-refractivity contribution in [2.75, 3.05) is 19.7 Å². The highest BCUT2D eigenvalue weighted by atomic mass is 127. The third-order valence-electron chi connectivity index (χ3n) is 3.12. The Kier molecular flexibility index (Phi) is 9.31. The lowest BCUT2D eigenvalue weighted by molar-refractivity contribution is 0.328. The molecule has 1 aromatic rings. The SMILES string of the molecule is CCNC(=NCCOc1cccc(Cl)c1)NC1CC=CC1.I. The number of nitrogens with one attached hydrogen (secondary N) is 2. The average Bonchev–Trinajstić information content (AvgIpc) is 2.97. The van der Waals surface area contributed by atoms with Gasteiger partial charge in [-0.25, -0.2) is 4.99 Å². The topological polar surface area (TPSA) is 45.7 Å². The van der Waals surface area contributed by atoms with Gasteiger partial charge in [0.2, 0.25) is 0 Å². The quantitative estimate of drug-likeness (QED) is 0.236. The Labute approximate surface area is 154 Å². The molecule has 0 atom stereocenters. The van der Waals surface area contributed by atoms with E-state index in [1.54, 1.807) is 6.07 Å². The summed E-state index contributed by atoms with van der Waals surface area (Å²) in [4.78, 5) is 4.52.